The molecule has 0 fully saturated rings. The van der Waals surface area contributed by atoms with Crippen LogP contribution >= 0.6 is 31.9 Å². The Hall–Kier alpha value is -4.50. The number of rotatable bonds is 12. The van der Waals surface area contributed by atoms with Gasteiger partial charge in [-0.3, -0.25) is 0 Å². The zero-order valence-corrected chi connectivity index (χ0v) is 37.2. The maximum Gasteiger partial charge on any atom is 1.00 e. The Morgan fingerprint density at radius 2 is 0.966 bits per heavy atom. The average Bonchev–Trinajstić information content (AvgIpc) is 3.21. The summed E-state index contributed by atoms with van der Waals surface area (Å²) >= 11 is 6.58. The van der Waals surface area contributed by atoms with Crippen LogP contribution in [0.25, 0.3) is 0 Å². The molecule has 0 aromatic heterocycles. The summed E-state index contributed by atoms with van der Waals surface area (Å²) in [5, 5.41) is 9.56. The van der Waals surface area contributed by atoms with E-state index in [9.17, 15) is 23.5 Å². The van der Waals surface area contributed by atoms with Crippen molar-refractivity contribution < 1.29 is 78.1 Å². The van der Waals surface area contributed by atoms with Crippen molar-refractivity contribution in [3.63, 3.8) is 0 Å². The van der Waals surface area contributed by atoms with Gasteiger partial charge in [-0.1, -0.05) is 97.1 Å². The van der Waals surface area contributed by atoms with Crippen LogP contribution in [0.2, 0.25) is 0 Å². The van der Waals surface area contributed by atoms with Crippen molar-refractivity contribution in [1.82, 2.24) is 0 Å². The topological polar surface area (TPSA) is 101 Å². The van der Waals surface area contributed by atoms with E-state index in [-0.39, 0.29) is 107 Å². The molecular weight excluding hydrogens is 888 g/mol. The molecule has 0 aliphatic rings. The Labute approximate surface area is 378 Å². The fourth-order valence-corrected chi connectivity index (χ4v) is 6.70. The molecule has 6 aromatic rings. The van der Waals surface area contributed by atoms with Crippen LogP contribution in [0, 0.1) is 25.5 Å². The number of aliphatic hydroxyl groups excluding tert-OH is 1. The number of benzene rings is 6. The summed E-state index contributed by atoms with van der Waals surface area (Å²) in [6, 6.07) is 35.9. The molecule has 6 aromatic carbocycles. The van der Waals surface area contributed by atoms with Gasteiger partial charge in [0.05, 0.1) is 18.2 Å². The third-order valence-corrected chi connectivity index (χ3v) is 9.88. The van der Waals surface area contributed by atoms with E-state index >= 15 is 0 Å². The average molecular weight is 925 g/mol. The first-order valence-corrected chi connectivity index (χ1v) is 18.7. The van der Waals surface area contributed by atoms with Gasteiger partial charge in [-0.2, -0.15) is 0 Å². The Kier molecular flexibility index (Phi) is 19.1. The number of methoxy groups -OCH3 is 1. The van der Waals surface area contributed by atoms with Gasteiger partial charge in [-0.25, -0.2) is 18.4 Å². The predicted octanol–water partition coefficient (Wildman–Crippen LogP) is 7.63. The van der Waals surface area contributed by atoms with Gasteiger partial charge in [0, 0.05) is 25.1 Å². The maximum atomic E-state index is 14.7. The van der Waals surface area contributed by atoms with Crippen molar-refractivity contribution in [3.8, 4) is 28.7 Å². The van der Waals surface area contributed by atoms with Crippen molar-refractivity contribution in [3.05, 3.63) is 181 Å². The van der Waals surface area contributed by atoms with E-state index in [1.54, 1.807) is 60.7 Å². The van der Waals surface area contributed by atoms with Crippen molar-refractivity contribution >= 4 is 52.2 Å². The Bertz CT molecular complexity index is 2130. The first-order chi connectivity index (χ1) is 27.0. The normalized spacial score (nSPS) is 10.1. The maximum absolute atomic E-state index is 14.7. The van der Waals surface area contributed by atoms with E-state index < -0.39 is 30.2 Å². The first-order valence-electron chi connectivity index (χ1n) is 17.1. The van der Waals surface area contributed by atoms with Crippen LogP contribution in [0.3, 0.4) is 0 Å². The second kappa shape index (κ2) is 23.2. The van der Waals surface area contributed by atoms with Crippen LogP contribution in [-0.4, -0.2) is 32.6 Å². The molecule has 6 rings (SSSR count). The smallest absolute Gasteiger partial charge is 1.00 e. The molecule has 0 saturated heterocycles. The number of esters is 2. The van der Waals surface area contributed by atoms with E-state index in [0.717, 1.165) is 11.1 Å². The molecule has 0 spiro atoms. The summed E-state index contributed by atoms with van der Waals surface area (Å²) in [5.41, 5.74) is 1.92. The summed E-state index contributed by atoms with van der Waals surface area (Å²) in [6.07, 6.45) is 0. The molecule has 8 nitrogen and oxygen atoms in total. The van der Waals surface area contributed by atoms with Crippen LogP contribution in [0.4, 0.5) is 8.78 Å². The summed E-state index contributed by atoms with van der Waals surface area (Å²) in [4.78, 5) is 25.7. The quantitative estimate of drug-likeness (QED) is 0.0761. The molecule has 0 amide bonds. The minimum atomic E-state index is -0.740. The van der Waals surface area contributed by atoms with E-state index in [1.807, 2.05) is 60.7 Å². The first kappa shape index (κ1) is 47.9. The molecular formula is C44H37BBr2F2NaO8. The molecule has 293 valence electrons. The monoisotopic (exact) mass is 923 g/mol. The van der Waals surface area contributed by atoms with E-state index in [4.69, 9.17) is 23.7 Å². The number of hydrogen-bond acceptors (Lipinski definition) is 8. The van der Waals surface area contributed by atoms with Crippen LogP contribution in [-0.2, 0) is 19.8 Å². The second-order valence-corrected chi connectivity index (χ2v) is 13.6. The van der Waals surface area contributed by atoms with E-state index in [0.29, 0.717) is 11.5 Å². The molecule has 14 heteroatoms. The van der Waals surface area contributed by atoms with E-state index in [1.165, 1.54) is 21.0 Å². The van der Waals surface area contributed by atoms with Gasteiger partial charge in [0.2, 0.25) is 0 Å². The molecule has 1 N–H and O–H groups in total. The van der Waals surface area contributed by atoms with Crippen molar-refractivity contribution in [1.29, 1.82) is 0 Å². The Morgan fingerprint density at radius 3 is 1.34 bits per heavy atom. The Morgan fingerprint density at radius 1 is 0.603 bits per heavy atom. The molecule has 0 unspecified atom stereocenters. The molecule has 3 radical (unpaired) electrons. The second-order valence-electron chi connectivity index (χ2n) is 12.0. The van der Waals surface area contributed by atoms with Crippen molar-refractivity contribution in [2.24, 2.45) is 0 Å². The Balaban J connectivity index is 0.000000387. The van der Waals surface area contributed by atoms with Gasteiger partial charge >= 0.3 is 41.5 Å². The zero-order valence-electron chi connectivity index (χ0n) is 33.1. The molecule has 58 heavy (non-hydrogen) atoms. The molecule has 0 aliphatic heterocycles. The van der Waals surface area contributed by atoms with Gasteiger partial charge < -0.3 is 30.2 Å². The zero-order chi connectivity index (χ0) is 40.2. The number of carbonyl (C=O) groups excluding carboxylic acids is 2. The summed E-state index contributed by atoms with van der Waals surface area (Å²) in [5.74, 6) is -1.82. The number of para-hydroxylation sites is 2. The van der Waals surface area contributed by atoms with Gasteiger partial charge in [0.25, 0.3) is 0 Å². The minimum absolute atomic E-state index is 0. The SMILES string of the molecule is COc1c(F)c(C)c(C(=O)Oc2ccccc2)c(OCc2ccccc2)c1Br.Cc1c(F)c(CO)c(Br)c(OCc2ccccc2)c1C(=O)Oc1ccccc1.[B].[H-].[Na+]. The summed E-state index contributed by atoms with van der Waals surface area (Å²) in [7, 11) is 1.35. The summed E-state index contributed by atoms with van der Waals surface area (Å²) in [6.45, 7) is 2.77. The standard InChI is InChI=1S/2C22H18BrFO4.B.Na.H/c1-14-17(22(25)28-16-11-7-4-8-12-16)20(18(23)21(26-2)19(14)24)27-13-15-9-5-3-6-10-15;1-14-18(22(26)28-16-10-6-3-7-11-16)21(19(23)17(12-25)20(14)24)27-13-15-8-4-2-5-9-15;;;/h3-12H,13H2,1-2H3;2-11,25H,12-13H2,1H3;;;/q;;;+1;-1. The minimum Gasteiger partial charge on any atom is -1.00 e. The number of aliphatic hydroxyl groups is 1. The van der Waals surface area contributed by atoms with Gasteiger partial charge in [-0.05, 0) is 81.1 Å². The van der Waals surface area contributed by atoms with Gasteiger partial charge in [-0.15, -0.1) is 0 Å². The molecule has 0 aliphatic carbocycles. The molecule has 0 atom stereocenters. The third kappa shape index (κ3) is 11.8. The molecule has 0 saturated carbocycles. The largest absolute Gasteiger partial charge is 1.00 e. The van der Waals surface area contributed by atoms with Crippen LogP contribution in [0.5, 0.6) is 28.7 Å². The molecule has 0 heterocycles. The van der Waals surface area contributed by atoms with Crippen LogP contribution in [0.15, 0.2) is 130 Å². The molecule has 0 bridgehead atoms. The van der Waals surface area contributed by atoms with Crippen LogP contribution in [0.1, 0.15) is 50.0 Å². The third-order valence-electron chi connectivity index (χ3n) is 8.32. The van der Waals surface area contributed by atoms with Gasteiger partial charge in [0.1, 0.15) is 51.9 Å². The summed E-state index contributed by atoms with van der Waals surface area (Å²) < 4.78 is 57.6. The van der Waals surface area contributed by atoms with Gasteiger partial charge in [0.15, 0.2) is 17.3 Å². The van der Waals surface area contributed by atoms with Crippen molar-refractivity contribution in [2.45, 2.75) is 33.7 Å². The number of halogens is 4. The number of hydrogen-bond donors (Lipinski definition) is 1. The van der Waals surface area contributed by atoms with E-state index in [2.05, 4.69) is 31.9 Å². The fraction of sp³-hybridized carbons (Fsp3) is 0.136. The fourth-order valence-electron chi connectivity index (χ4n) is 5.44. The predicted molar refractivity (Wildman–Crippen MR) is 221 cm³/mol. The number of ether oxygens (including phenoxy) is 5. The number of carbonyl (C=O) groups is 2. The van der Waals surface area contributed by atoms with Crippen LogP contribution < -0.4 is 53.2 Å². The van der Waals surface area contributed by atoms with Crippen molar-refractivity contribution in [2.75, 3.05) is 7.11 Å².